The number of ether oxygens (including phenoxy) is 1. The molecule has 1 N–H and O–H groups in total. The number of allylic oxidation sites excluding steroid dienone is 1. The third kappa shape index (κ3) is 2.75. The second kappa shape index (κ2) is 5.71. The number of nitrogens with zero attached hydrogens (tertiary/aromatic N) is 2. The minimum atomic E-state index is -2.03. The number of methoxy groups -OCH3 is 1. The molecular formula is C13H13N3O5. The summed E-state index contributed by atoms with van der Waals surface area (Å²) < 4.78 is 5.01. The summed E-state index contributed by atoms with van der Waals surface area (Å²) in [5, 5.41) is 25.2. The van der Waals surface area contributed by atoms with E-state index in [0.29, 0.717) is 5.69 Å². The van der Waals surface area contributed by atoms with Gasteiger partial charge in [0, 0.05) is 18.9 Å². The van der Waals surface area contributed by atoms with E-state index in [9.17, 15) is 20.2 Å². The van der Waals surface area contributed by atoms with E-state index >= 15 is 0 Å². The smallest absolute Gasteiger partial charge is 0.370 e. The largest absolute Gasteiger partial charge is 0.374 e. The number of nitro groups is 2. The van der Waals surface area contributed by atoms with E-state index in [1.54, 1.807) is 24.3 Å². The highest BCUT2D eigenvalue weighted by molar-refractivity contribution is 5.47. The first-order chi connectivity index (χ1) is 9.99. The van der Waals surface area contributed by atoms with Gasteiger partial charge in [-0.3, -0.25) is 20.2 Å². The Labute approximate surface area is 120 Å². The molecule has 21 heavy (non-hydrogen) atoms. The van der Waals surface area contributed by atoms with Crippen LogP contribution in [-0.2, 0) is 4.74 Å². The Bertz CT molecular complexity index is 613. The van der Waals surface area contributed by atoms with Gasteiger partial charge in [-0.2, -0.15) is 0 Å². The molecule has 0 saturated heterocycles. The molecule has 1 aliphatic rings. The predicted octanol–water partition coefficient (Wildman–Crippen LogP) is 1.82. The van der Waals surface area contributed by atoms with Crippen molar-refractivity contribution in [2.24, 2.45) is 0 Å². The van der Waals surface area contributed by atoms with E-state index in [0.717, 1.165) is 13.2 Å². The molecule has 0 radical (unpaired) electrons. The van der Waals surface area contributed by atoms with Crippen LogP contribution >= 0.6 is 0 Å². The SMILES string of the molecule is COC1([N+](=O)[O-])C=C([N+](=O)[O-])C=CC1Nc1ccccc1. The molecule has 0 aliphatic heterocycles. The van der Waals surface area contributed by atoms with Crippen molar-refractivity contribution in [2.75, 3.05) is 12.4 Å². The molecule has 0 heterocycles. The van der Waals surface area contributed by atoms with Crippen molar-refractivity contribution in [1.29, 1.82) is 0 Å². The zero-order valence-electron chi connectivity index (χ0n) is 11.1. The summed E-state index contributed by atoms with van der Waals surface area (Å²) in [5.74, 6) is 0. The van der Waals surface area contributed by atoms with E-state index in [1.807, 2.05) is 6.07 Å². The van der Waals surface area contributed by atoms with Gasteiger partial charge in [0.25, 0.3) is 5.70 Å². The molecule has 0 fully saturated rings. The molecule has 1 aliphatic carbocycles. The van der Waals surface area contributed by atoms with E-state index < -0.39 is 21.6 Å². The number of nitrogens with one attached hydrogen (secondary N) is 1. The summed E-state index contributed by atoms with van der Waals surface area (Å²) in [4.78, 5) is 20.9. The van der Waals surface area contributed by atoms with Crippen molar-refractivity contribution in [3.63, 3.8) is 0 Å². The van der Waals surface area contributed by atoms with Crippen LogP contribution in [0.15, 0.2) is 54.3 Å². The van der Waals surface area contributed by atoms with Crippen LogP contribution in [0.1, 0.15) is 0 Å². The number of anilines is 1. The summed E-state index contributed by atoms with van der Waals surface area (Å²) in [5.41, 5.74) is -1.76. The second-order valence-corrected chi connectivity index (χ2v) is 4.39. The summed E-state index contributed by atoms with van der Waals surface area (Å²) in [6, 6.07) is 7.95. The zero-order valence-corrected chi connectivity index (χ0v) is 11.1. The third-order valence-corrected chi connectivity index (χ3v) is 3.18. The van der Waals surface area contributed by atoms with Gasteiger partial charge in [-0.15, -0.1) is 0 Å². The van der Waals surface area contributed by atoms with Crippen LogP contribution in [0.2, 0.25) is 0 Å². The first-order valence-electron chi connectivity index (χ1n) is 6.06. The van der Waals surface area contributed by atoms with Gasteiger partial charge in [0.2, 0.25) is 0 Å². The monoisotopic (exact) mass is 291 g/mol. The molecule has 2 atom stereocenters. The lowest BCUT2D eigenvalue weighted by Gasteiger charge is -2.29. The fourth-order valence-electron chi connectivity index (χ4n) is 2.09. The Balaban J connectivity index is 2.39. The Kier molecular flexibility index (Phi) is 3.99. The average molecular weight is 291 g/mol. The van der Waals surface area contributed by atoms with Gasteiger partial charge in [-0.1, -0.05) is 18.2 Å². The first-order valence-corrected chi connectivity index (χ1v) is 6.06. The average Bonchev–Trinajstić information content (AvgIpc) is 2.48. The fourth-order valence-corrected chi connectivity index (χ4v) is 2.09. The highest BCUT2D eigenvalue weighted by Gasteiger charge is 2.52. The van der Waals surface area contributed by atoms with Gasteiger partial charge in [0.05, 0.1) is 9.85 Å². The summed E-state index contributed by atoms with van der Waals surface area (Å²) in [6.07, 6.45) is 3.49. The lowest BCUT2D eigenvalue weighted by atomic mass is 9.96. The molecular weight excluding hydrogens is 278 g/mol. The van der Waals surface area contributed by atoms with Crippen molar-refractivity contribution in [3.05, 3.63) is 74.5 Å². The molecule has 2 rings (SSSR count). The van der Waals surface area contributed by atoms with Gasteiger partial charge in [-0.05, 0) is 18.2 Å². The van der Waals surface area contributed by atoms with Crippen molar-refractivity contribution in [3.8, 4) is 0 Å². The van der Waals surface area contributed by atoms with Gasteiger partial charge in [0.15, 0.2) is 0 Å². The fraction of sp³-hybridized carbons (Fsp3) is 0.231. The molecule has 0 aromatic heterocycles. The van der Waals surface area contributed by atoms with Gasteiger partial charge in [0.1, 0.15) is 12.1 Å². The minimum absolute atomic E-state index is 0.375. The molecule has 110 valence electrons. The number of hydrogen-bond acceptors (Lipinski definition) is 6. The summed E-state index contributed by atoms with van der Waals surface area (Å²) in [7, 11) is 1.15. The molecule has 2 unspecified atom stereocenters. The quantitative estimate of drug-likeness (QED) is 0.503. The highest BCUT2D eigenvalue weighted by atomic mass is 16.7. The second-order valence-electron chi connectivity index (χ2n) is 4.39. The number of hydrogen-bond donors (Lipinski definition) is 1. The Morgan fingerprint density at radius 2 is 1.90 bits per heavy atom. The van der Waals surface area contributed by atoms with Crippen LogP contribution in [0.25, 0.3) is 0 Å². The van der Waals surface area contributed by atoms with Crippen LogP contribution < -0.4 is 5.32 Å². The maximum Gasteiger partial charge on any atom is 0.374 e. The van der Waals surface area contributed by atoms with Crippen molar-refractivity contribution in [1.82, 2.24) is 0 Å². The normalized spacial score (nSPS) is 24.2. The molecule has 1 aromatic carbocycles. The molecule has 8 heteroatoms. The van der Waals surface area contributed by atoms with Gasteiger partial charge >= 0.3 is 5.72 Å². The van der Waals surface area contributed by atoms with E-state index in [-0.39, 0.29) is 5.70 Å². The molecule has 8 nitrogen and oxygen atoms in total. The van der Waals surface area contributed by atoms with Crippen LogP contribution in [0, 0.1) is 20.2 Å². The van der Waals surface area contributed by atoms with E-state index in [4.69, 9.17) is 4.74 Å². The Hall–Kier alpha value is -2.74. The predicted molar refractivity (Wildman–Crippen MR) is 74.8 cm³/mol. The zero-order chi connectivity index (χ0) is 15.5. The van der Waals surface area contributed by atoms with E-state index in [2.05, 4.69) is 5.32 Å². The summed E-state index contributed by atoms with van der Waals surface area (Å²) >= 11 is 0. The lowest BCUT2D eigenvalue weighted by Crippen LogP contribution is -2.53. The maximum absolute atomic E-state index is 11.4. The lowest BCUT2D eigenvalue weighted by molar-refractivity contribution is -0.613. The number of rotatable bonds is 5. The minimum Gasteiger partial charge on any atom is -0.370 e. The molecule has 0 saturated carbocycles. The highest BCUT2D eigenvalue weighted by Crippen LogP contribution is 2.29. The topological polar surface area (TPSA) is 108 Å². The van der Waals surface area contributed by atoms with Crippen LogP contribution in [-0.4, -0.2) is 28.7 Å². The van der Waals surface area contributed by atoms with Crippen molar-refractivity contribution < 1.29 is 14.6 Å². The first kappa shape index (κ1) is 14.7. The van der Waals surface area contributed by atoms with Gasteiger partial charge in [-0.25, -0.2) is 0 Å². The maximum atomic E-state index is 11.4. The molecule has 0 spiro atoms. The third-order valence-electron chi connectivity index (χ3n) is 3.18. The van der Waals surface area contributed by atoms with Crippen molar-refractivity contribution >= 4 is 5.69 Å². The Morgan fingerprint density at radius 1 is 1.24 bits per heavy atom. The number of benzene rings is 1. The molecule has 1 aromatic rings. The van der Waals surface area contributed by atoms with Crippen molar-refractivity contribution in [2.45, 2.75) is 11.8 Å². The molecule has 0 bridgehead atoms. The van der Waals surface area contributed by atoms with Crippen LogP contribution in [0.3, 0.4) is 0 Å². The number of para-hydroxylation sites is 1. The summed E-state index contributed by atoms with van der Waals surface area (Å²) in [6.45, 7) is 0. The van der Waals surface area contributed by atoms with E-state index in [1.165, 1.54) is 12.2 Å². The molecule has 0 amide bonds. The van der Waals surface area contributed by atoms with Gasteiger partial charge < -0.3 is 10.1 Å². The van der Waals surface area contributed by atoms with Crippen LogP contribution in [0.4, 0.5) is 5.69 Å². The Morgan fingerprint density at radius 3 is 2.43 bits per heavy atom. The van der Waals surface area contributed by atoms with Crippen LogP contribution in [0.5, 0.6) is 0 Å². The standard InChI is InChI=1S/C13H13N3O5/c1-21-13(16(19)20)9-11(15(17)18)7-8-12(13)14-10-5-3-2-4-6-10/h2-9,12,14H,1H3.